The summed E-state index contributed by atoms with van der Waals surface area (Å²) < 4.78 is 15.6. The molecule has 39 heavy (non-hydrogen) atoms. The largest absolute Gasteiger partial charge is 0.415 e. The van der Waals surface area contributed by atoms with Crippen molar-refractivity contribution in [2.45, 2.75) is 141 Å². The number of anilines is 1. The van der Waals surface area contributed by atoms with Gasteiger partial charge in [-0.2, -0.15) is 15.1 Å². The first-order valence-corrected chi connectivity index (χ1v) is 21.1. The van der Waals surface area contributed by atoms with E-state index in [0.29, 0.717) is 23.5 Å². The Balaban J connectivity index is 1.55. The van der Waals surface area contributed by atoms with Crippen molar-refractivity contribution in [1.29, 1.82) is 0 Å². The van der Waals surface area contributed by atoms with E-state index < -0.39 is 16.6 Å². The molecule has 2 aromatic heterocycles. The van der Waals surface area contributed by atoms with Crippen molar-refractivity contribution < 1.29 is 8.85 Å². The van der Waals surface area contributed by atoms with Crippen LogP contribution in [0.3, 0.4) is 0 Å². The second-order valence-corrected chi connectivity index (χ2v) is 24.8. The molecule has 1 saturated heterocycles. The molecule has 1 aliphatic heterocycles. The predicted octanol–water partition coefficient (Wildman–Crippen LogP) is 8.28. The van der Waals surface area contributed by atoms with Gasteiger partial charge in [0.2, 0.25) is 5.28 Å². The number of fused-ring (bicyclic) bond motifs is 1. The van der Waals surface area contributed by atoms with Gasteiger partial charge in [-0.25, -0.2) is 4.68 Å². The van der Waals surface area contributed by atoms with Crippen molar-refractivity contribution in [3.05, 3.63) is 11.0 Å². The summed E-state index contributed by atoms with van der Waals surface area (Å²) in [5.74, 6) is 0.921. The molecule has 220 valence electrons. The van der Waals surface area contributed by atoms with Crippen molar-refractivity contribution in [3.8, 4) is 0 Å². The summed E-state index contributed by atoms with van der Waals surface area (Å²) in [6.45, 7) is 27.0. The maximum absolute atomic E-state index is 6.75. The number of halogens is 1. The van der Waals surface area contributed by atoms with Crippen molar-refractivity contribution in [3.63, 3.8) is 0 Å². The predicted molar refractivity (Wildman–Crippen MR) is 168 cm³/mol. The van der Waals surface area contributed by atoms with E-state index in [1.54, 1.807) is 0 Å². The van der Waals surface area contributed by atoms with Crippen LogP contribution in [0.5, 0.6) is 0 Å². The van der Waals surface area contributed by atoms with Crippen LogP contribution >= 0.6 is 11.6 Å². The van der Waals surface area contributed by atoms with Crippen LogP contribution in [0.1, 0.15) is 91.8 Å². The molecule has 1 saturated carbocycles. The fourth-order valence-electron chi connectivity index (χ4n) is 5.43. The number of hydrogen-bond donors (Lipinski definition) is 0. The van der Waals surface area contributed by atoms with Crippen LogP contribution in [-0.2, 0) is 8.85 Å². The molecule has 3 heterocycles. The molecule has 0 radical (unpaired) electrons. The molecule has 7 nitrogen and oxygen atoms in total. The van der Waals surface area contributed by atoms with E-state index in [0.717, 1.165) is 74.2 Å². The van der Waals surface area contributed by atoms with Crippen LogP contribution in [-0.4, -0.2) is 61.7 Å². The monoisotopic (exact) mass is 593 g/mol. The van der Waals surface area contributed by atoms with E-state index in [1.807, 2.05) is 0 Å². The van der Waals surface area contributed by atoms with Crippen LogP contribution in [0.2, 0.25) is 41.5 Å². The van der Waals surface area contributed by atoms with Gasteiger partial charge in [-0.1, -0.05) is 41.5 Å². The fourth-order valence-corrected chi connectivity index (χ4v) is 8.06. The standard InChI is InChI=1S/C29H52ClN5O2Si2/c1-20-24-25(34-18-12-13-22(34)19-36-38(8,9)28(2,3)4)31-27(30)32-26(24)35(33-20)21-14-16-23(17-15-21)37-39(10,11)29(5,6)7/h21-23H,12-19H2,1-11H3. The number of aromatic nitrogens is 4. The van der Waals surface area contributed by atoms with E-state index in [4.69, 9.17) is 35.5 Å². The maximum atomic E-state index is 6.75. The minimum absolute atomic E-state index is 0.189. The van der Waals surface area contributed by atoms with Crippen molar-refractivity contribution in [2.75, 3.05) is 18.1 Å². The van der Waals surface area contributed by atoms with E-state index in [1.165, 1.54) is 0 Å². The van der Waals surface area contributed by atoms with Crippen molar-refractivity contribution in [1.82, 2.24) is 19.7 Å². The summed E-state index contributed by atoms with van der Waals surface area (Å²) in [5, 5.41) is 6.79. The van der Waals surface area contributed by atoms with Gasteiger partial charge in [0.1, 0.15) is 5.82 Å². The lowest BCUT2D eigenvalue weighted by Crippen LogP contribution is -2.45. The third kappa shape index (κ3) is 6.42. The summed E-state index contributed by atoms with van der Waals surface area (Å²) in [7, 11) is -3.61. The Hall–Kier alpha value is -1.01. The van der Waals surface area contributed by atoms with Gasteiger partial charge in [0.15, 0.2) is 22.3 Å². The maximum Gasteiger partial charge on any atom is 0.226 e. The van der Waals surface area contributed by atoms with E-state index in [-0.39, 0.29) is 10.1 Å². The third-order valence-corrected chi connectivity index (χ3v) is 19.2. The van der Waals surface area contributed by atoms with Gasteiger partial charge < -0.3 is 13.8 Å². The van der Waals surface area contributed by atoms with Gasteiger partial charge >= 0.3 is 0 Å². The van der Waals surface area contributed by atoms with Crippen molar-refractivity contribution in [2.24, 2.45) is 0 Å². The van der Waals surface area contributed by atoms with E-state index >= 15 is 0 Å². The second kappa shape index (κ2) is 11.0. The third-order valence-electron chi connectivity index (χ3n) is 10.0. The van der Waals surface area contributed by atoms with E-state index in [9.17, 15) is 0 Å². The molecule has 4 rings (SSSR count). The Morgan fingerprint density at radius 3 is 2.10 bits per heavy atom. The molecule has 2 fully saturated rings. The zero-order valence-electron chi connectivity index (χ0n) is 26.3. The average molecular weight is 594 g/mol. The van der Waals surface area contributed by atoms with Crippen LogP contribution in [0.15, 0.2) is 0 Å². The number of rotatable bonds is 7. The summed E-state index contributed by atoms with van der Waals surface area (Å²) in [5.41, 5.74) is 1.85. The Kier molecular flexibility index (Phi) is 8.73. The normalized spacial score (nSPS) is 23.7. The molecular formula is C29H52ClN5O2Si2. The Bertz CT molecular complexity index is 1160. The second-order valence-electron chi connectivity index (χ2n) is 14.9. The minimum Gasteiger partial charge on any atom is -0.415 e. The molecule has 2 aromatic rings. The zero-order chi connectivity index (χ0) is 29.0. The summed E-state index contributed by atoms with van der Waals surface area (Å²) in [6, 6.07) is 0.592. The highest BCUT2D eigenvalue weighted by molar-refractivity contribution is 6.74. The summed E-state index contributed by atoms with van der Waals surface area (Å²) in [6.07, 6.45) is 6.76. The molecule has 10 heteroatoms. The van der Waals surface area contributed by atoms with E-state index in [2.05, 4.69) is 84.2 Å². The number of aryl methyl sites for hydroxylation is 1. The molecule has 0 amide bonds. The van der Waals surface area contributed by atoms with Gasteiger partial charge in [-0.3, -0.25) is 0 Å². The highest BCUT2D eigenvalue weighted by Crippen LogP contribution is 2.42. The Morgan fingerprint density at radius 2 is 1.51 bits per heavy atom. The highest BCUT2D eigenvalue weighted by Gasteiger charge is 2.41. The molecule has 1 aliphatic carbocycles. The molecule has 0 N–H and O–H groups in total. The smallest absolute Gasteiger partial charge is 0.226 e. The lowest BCUT2D eigenvalue weighted by Gasteiger charge is -2.41. The van der Waals surface area contributed by atoms with Gasteiger partial charge in [-0.15, -0.1) is 0 Å². The number of hydrogen-bond acceptors (Lipinski definition) is 6. The lowest BCUT2D eigenvalue weighted by molar-refractivity contribution is 0.116. The molecule has 0 bridgehead atoms. The first kappa shape index (κ1) is 30.9. The molecule has 1 atom stereocenters. The highest BCUT2D eigenvalue weighted by atomic mass is 35.5. The van der Waals surface area contributed by atoms with Crippen LogP contribution in [0.4, 0.5) is 5.82 Å². The van der Waals surface area contributed by atoms with Gasteiger partial charge in [0, 0.05) is 12.6 Å². The van der Waals surface area contributed by atoms with Gasteiger partial charge in [0.05, 0.1) is 29.8 Å². The zero-order valence-corrected chi connectivity index (χ0v) is 29.1. The molecule has 0 aromatic carbocycles. The van der Waals surface area contributed by atoms with Crippen LogP contribution < -0.4 is 4.90 Å². The molecule has 2 aliphatic rings. The van der Waals surface area contributed by atoms with Crippen LogP contribution in [0.25, 0.3) is 11.0 Å². The average Bonchev–Trinajstić information content (AvgIpc) is 3.40. The number of nitrogens with zero attached hydrogens (tertiary/aromatic N) is 5. The first-order valence-electron chi connectivity index (χ1n) is 14.9. The SMILES string of the molecule is Cc1nn(C2CCC(O[Si](C)(C)C(C)(C)C)CC2)c2nc(Cl)nc(N3CCCC3CO[Si](C)(C)C(C)(C)C)c12. The Labute approximate surface area is 243 Å². The molecular weight excluding hydrogens is 542 g/mol. The summed E-state index contributed by atoms with van der Waals surface area (Å²) in [4.78, 5) is 11.9. The minimum atomic E-state index is -1.84. The summed E-state index contributed by atoms with van der Waals surface area (Å²) >= 11 is 6.59. The topological polar surface area (TPSA) is 65.3 Å². The van der Waals surface area contributed by atoms with Crippen molar-refractivity contribution >= 4 is 45.1 Å². The molecule has 0 spiro atoms. The van der Waals surface area contributed by atoms with Gasteiger partial charge in [-0.05, 0) is 93.3 Å². The quantitative estimate of drug-likeness (QED) is 0.238. The first-order chi connectivity index (χ1) is 17.9. The fraction of sp³-hybridized carbons (Fsp3) is 0.828. The lowest BCUT2D eigenvalue weighted by atomic mass is 9.93. The van der Waals surface area contributed by atoms with Gasteiger partial charge in [0.25, 0.3) is 0 Å². The Morgan fingerprint density at radius 1 is 0.897 bits per heavy atom. The molecule has 1 unspecified atom stereocenters. The van der Waals surface area contributed by atoms with Crippen LogP contribution in [0, 0.1) is 6.92 Å².